The fourth-order valence-corrected chi connectivity index (χ4v) is 2.22. The van der Waals surface area contributed by atoms with Crippen LogP contribution in [0.2, 0.25) is 0 Å². The van der Waals surface area contributed by atoms with E-state index in [2.05, 4.69) is 0 Å². The number of carbonyl (C=O) groups excluding carboxylic acids is 3. The molecule has 0 bridgehead atoms. The number of aliphatic hydroxyl groups is 1. The zero-order valence-electron chi connectivity index (χ0n) is 14.2. The van der Waals surface area contributed by atoms with Crippen molar-refractivity contribution in [2.75, 3.05) is 0 Å². The second-order valence-corrected chi connectivity index (χ2v) is 5.87. The maximum atomic E-state index is 11.9. The van der Waals surface area contributed by atoms with Crippen molar-refractivity contribution >= 4 is 18.2 Å². The summed E-state index contributed by atoms with van der Waals surface area (Å²) in [7, 11) is 0. The molecule has 2 aromatic carbocycles. The highest BCUT2D eigenvalue weighted by atomic mass is 16.5. The lowest BCUT2D eigenvalue weighted by molar-refractivity contribution is -0.159. The van der Waals surface area contributed by atoms with Crippen LogP contribution in [0.3, 0.4) is 0 Å². The minimum atomic E-state index is -2.15. The summed E-state index contributed by atoms with van der Waals surface area (Å²) in [4.78, 5) is 34.9. The van der Waals surface area contributed by atoms with E-state index in [1.165, 1.54) is 0 Å². The third-order valence-corrected chi connectivity index (χ3v) is 3.61. The maximum Gasteiger partial charge on any atom is 0.309 e. The number of rotatable bonds is 9. The quantitative estimate of drug-likeness (QED) is 0.547. The van der Waals surface area contributed by atoms with E-state index < -0.39 is 30.4 Å². The number of aldehydes is 1. The van der Waals surface area contributed by atoms with Crippen molar-refractivity contribution in [3.8, 4) is 0 Å². The summed E-state index contributed by atoms with van der Waals surface area (Å²) in [6.45, 7) is 0.0418. The molecule has 136 valence electrons. The molecule has 0 aliphatic rings. The molecular weight excluding hydrogens is 336 g/mol. The Morgan fingerprint density at radius 2 is 1.19 bits per heavy atom. The van der Waals surface area contributed by atoms with Gasteiger partial charge in [-0.2, -0.15) is 0 Å². The van der Waals surface area contributed by atoms with Crippen molar-refractivity contribution in [2.24, 2.45) is 0 Å². The standard InChI is InChI=1S/C20H20O6/c21-15-20(24,11-18(22)25-13-16-7-3-1-4-8-16)12-19(23)26-14-17-9-5-2-6-10-17/h1-10,15,24H,11-14H2. The van der Waals surface area contributed by atoms with Gasteiger partial charge in [0.05, 0.1) is 12.8 Å². The lowest BCUT2D eigenvalue weighted by Gasteiger charge is -2.19. The van der Waals surface area contributed by atoms with Crippen LogP contribution in [0.4, 0.5) is 0 Å². The third-order valence-electron chi connectivity index (χ3n) is 3.61. The Bertz CT molecular complexity index is 669. The van der Waals surface area contributed by atoms with E-state index in [9.17, 15) is 19.5 Å². The Morgan fingerprint density at radius 1 is 0.808 bits per heavy atom. The minimum absolute atomic E-state index is 0.0209. The lowest BCUT2D eigenvalue weighted by Crippen LogP contribution is -2.37. The molecule has 0 saturated carbocycles. The highest BCUT2D eigenvalue weighted by Crippen LogP contribution is 2.16. The Hall–Kier alpha value is -2.99. The second kappa shape index (κ2) is 9.48. The van der Waals surface area contributed by atoms with Crippen LogP contribution in [-0.4, -0.2) is 28.9 Å². The van der Waals surface area contributed by atoms with Gasteiger partial charge in [0, 0.05) is 0 Å². The Kier molecular flexibility index (Phi) is 7.05. The molecule has 2 aromatic rings. The molecular formula is C20H20O6. The van der Waals surface area contributed by atoms with E-state index >= 15 is 0 Å². The zero-order valence-corrected chi connectivity index (χ0v) is 14.2. The topological polar surface area (TPSA) is 89.9 Å². The molecule has 0 fully saturated rings. The number of hydrogen-bond donors (Lipinski definition) is 1. The highest BCUT2D eigenvalue weighted by molar-refractivity contribution is 5.83. The van der Waals surface area contributed by atoms with Crippen LogP contribution < -0.4 is 0 Å². The van der Waals surface area contributed by atoms with Crippen molar-refractivity contribution < 1.29 is 29.0 Å². The molecule has 0 aliphatic carbocycles. The molecule has 1 N–H and O–H groups in total. The van der Waals surface area contributed by atoms with Gasteiger partial charge in [0.15, 0.2) is 6.29 Å². The highest BCUT2D eigenvalue weighted by Gasteiger charge is 2.34. The zero-order chi connectivity index (χ0) is 18.8. The Morgan fingerprint density at radius 3 is 1.54 bits per heavy atom. The van der Waals surface area contributed by atoms with E-state index in [-0.39, 0.29) is 19.5 Å². The molecule has 0 aliphatic heterocycles. The molecule has 2 rings (SSSR count). The molecule has 6 nitrogen and oxygen atoms in total. The summed E-state index contributed by atoms with van der Waals surface area (Å²) >= 11 is 0. The van der Waals surface area contributed by atoms with Gasteiger partial charge in [-0.3, -0.25) is 9.59 Å². The SMILES string of the molecule is O=CC(O)(CC(=O)OCc1ccccc1)CC(=O)OCc1ccccc1. The predicted molar refractivity (Wildman–Crippen MR) is 92.7 cm³/mol. The van der Waals surface area contributed by atoms with Crippen LogP contribution >= 0.6 is 0 Å². The summed E-state index contributed by atoms with van der Waals surface area (Å²) in [5, 5.41) is 10.2. The van der Waals surface area contributed by atoms with Gasteiger partial charge in [0.2, 0.25) is 0 Å². The minimum Gasteiger partial charge on any atom is -0.461 e. The molecule has 26 heavy (non-hydrogen) atoms. The number of ether oxygens (including phenoxy) is 2. The largest absolute Gasteiger partial charge is 0.461 e. The molecule has 0 unspecified atom stereocenters. The van der Waals surface area contributed by atoms with E-state index in [0.29, 0.717) is 0 Å². The van der Waals surface area contributed by atoms with E-state index in [0.717, 1.165) is 11.1 Å². The van der Waals surface area contributed by atoms with Crippen LogP contribution in [0, 0.1) is 0 Å². The van der Waals surface area contributed by atoms with Gasteiger partial charge in [0.1, 0.15) is 18.8 Å². The van der Waals surface area contributed by atoms with Gasteiger partial charge < -0.3 is 19.4 Å². The van der Waals surface area contributed by atoms with E-state index in [4.69, 9.17) is 9.47 Å². The average Bonchev–Trinajstić information content (AvgIpc) is 2.66. The number of benzene rings is 2. The average molecular weight is 356 g/mol. The van der Waals surface area contributed by atoms with Crippen LogP contribution in [-0.2, 0) is 37.1 Å². The van der Waals surface area contributed by atoms with Crippen molar-refractivity contribution in [1.29, 1.82) is 0 Å². The summed E-state index contributed by atoms with van der Waals surface area (Å²) in [6.07, 6.45) is -1.08. The van der Waals surface area contributed by atoms with Gasteiger partial charge in [0.25, 0.3) is 0 Å². The molecule has 0 spiro atoms. The molecule has 0 saturated heterocycles. The van der Waals surface area contributed by atoms with Crippen molar-refractivity contribution in [3.05, 3.63) is 71.8 Å². The number of hydrogen-bond acceptors (Lipinski definition) is 6. The smallest absolute Gasteiger partial charge is 0.309 e. The van der Waals surface area contributed by atoms with Gasteiger partial charge >= 0.3 is 11.9 Å². The predicted octanol–water partition coefficient (Wildman–Crippen LogP) is 2.18. The first-order valence-electron chi connectivity index (χ1n) is 8.08. The van der Waals surface area contributed by atoms with Gasteiger partial charge in [-0.25, -0.2) is 0 Å². The van der Waals surface area contributed by atoms with E-state index in [1.807, 2.05) is 12.1 Å². The Labute approximate surface area is 151 Å². The summed E-state index contributed by atoms with van der Waals surface area (Å²) < 4.78 is 10.1. The van der Waals surface area contributed by atoms with Crippen LogP contribution in [0.15, 0.2) is 60.7 Å². The Balaban J connectivity index is 1.81. The van der Waals surface area contributed by atoms with Crippen LogP contribution in [0.5, 0.6) is 0 Å². The normalized spacial score (nSPS) is 10.8. The molecule has 6 heteroatoms. The van der Waals surface area contributed by atoms with Crippen molar-refractivity contribution in [3.63, 3.8) is 0 Å². The molecule has 0 atom stereocenters. The van der Waals surface area contributed by atoms with Crippen molar-refractivity contribution in [1.82, 2.24) is 0 Å². The first-order valence-corrected chi connectivity index (χ1v) is 8.08. The van der Waals surface area contributed by atoms with Gasteiger partial charge in [-0.05, 0) is 11.1 Å². The van der Waals surface area contributed by atoms with Crippen LogP contribution in [0.25, 0.3) is 0 Å². The first kappa shape index (κ1) is 19.3. The first-order chi connectivity index (χ1) is 12.5. The molecule has 0 heterocycles. The lowest BCUT2D eigenvalue weighted by atomic mass is 9.97. The fraction of sp³-hybridized carbons (Fsp3) is 0.250. The molecule has 0 radical (unpaired) electrons. The second-order valence-electron chi connectivity index (χ2n) is 5.87. The monoisotopic (exact) mass is 356 g/mol. The molecule has 0 amide bonds. The summed E-state index contributed by atoms with van der Waals surface area (Å²) in [5.74, 6) is -1.56. The summed E-state index contributed by atoms with van der Waals surface area (Å²) in [5.41, 5.74) is -0.600. The van der Waals surface area contributed by atoms with Gasteiger partial charge in [-0.15, -0.1) is 0 Å². The number of carbonyl (C=O) groups is 3. The number of esters is 2. The molecule has 0 aromatic heterocycles. The van der Waals surface area contributed by atoms with Gasteiger partial charge in [-0.1, -0.05) is 60.7 Å². The fourth-order valence-electron chi connectivity index (χ4n) is 2.22. The van der Waals surface area contributed by atoms with E-state index in [1.54, 1.807) is 48.5 Å². The summed E-state index contributed by atoms with van der Waals surface area (Å²) in [6, 6.07) is 18.0. The maximum absolute atomic E-state index is 11.9. The van der Waals surface area contributed by atoms with Crippen molar-refractivity contribution in [2.45, 2.75) is 31.7 Å². The van der Waals surface area contributed by atoms with Crippen LogP contribution in [0.1, 0.15) is 24.0 Å². The third kappa shape index (κ3) is 6.49.